The molecule has 2 rings (SSSR count). The molecule has 1 aliphatic heterocycles. The van der Waals surface area contributed by atoms with Crippen LogP contribution in [0.5, 0.6) is 5.75 Å². The molecule has 0 saturated carbocycles. The Morgan fingerprint density at radius 1 is 1.41 bits per heavy atom. The summed E-state index contributed by atoms with van der Waals surface area (Å²) in [5.74, 6) is -0.608. The molecule has 2 N–H and O–H groups in total. The van der Waals surface area contributed by atoms with Crippen molar-refractivity contribution in [3.63, 3.8) is 0 Å². The zero-order chi connectivity index (χ0) is 16.2. The lowest BCUT2D eigenvalue weighted by Gasteiger charge is -2.31. The molecule has 122 valence electrons. The van der Waals surface area contributed by atoms with Crippen LogP contribution in [0.25, 0.3) is 0 Å². The van der Waals surface area contributed by atoms with E-state index in [1.165, 1.54) is 17.0 Å². The number of amides is 1. The number of piperidine rings is 1. The molecule has 8 heteroatoms. The quantitative estimate of drug-likeness (QED) is 0.867. The van der Waals surface area contributed by atoms with E-state index in [4.69, 9.17) is 9.88 Å². The van der Waals surface area contributed by atoms with Crippen LogP contribution in [-0.2, 0) is 14.8 Å². The number of benzene rings is 1. The molecule has 0 aromatic heterocycles. The van der Waals surface area contributed by atoms with Crippen molar-refractivity contribution >= 4 is 15.9 Å². The SMILES string of the molecule is NS(=O)(=O)C1CCCN(C(=O)CCOc2ccccc2F)C1. The number of hydrogen-bond donors (Lipinski definition) is 1. The van der Waals surface area contributed by atoms with Gasteiger partial charge in [-0.05, 0) is 25.0 Å². The fraction of sp³-hybridized carbons (Fsp3) is 0.500. The van der Waals surface area contributed by atoms with Crippen LogP contribution < -0.4 is 9.88 Å². The lowest BCUT2D eigenvalue weighted by molar-refractivity contribution is -0.132. The predicted molar refractivity (Wildman–Crippen MR) is 79.2 cm³/mol. The summed E-state index contributed by atoms with van der Waals surface area (Å²) in [6.07, 6.45) is 1.13. The smallest absolute Gasteiger partial charge is 0.226 e. The van der Waals surface area contributed by atoms with Gasteiger partial charge < -0.3 is 9.64 Å². The first-order valence-electron chi connectivity index (χ1n) is 7.04. The second-order valence-electron chi connectivity index (χ2n) is 5.22. The van der Waals surface area contributed by atoms with Crippen LogP contribution in [0.4, 0.5) is 4.39 Å². The Bertz CT molecular complexity index is 635. The fourth-order valence-electron chi connectivity index (χ4n) is 2.40. The number of carbonyl (C=O) groups is 1. The molecule has 6 nitrogen and oxygen atoms in total. The maximum atomic E-state index is 13.4. The highest BCUT2D eigenvalue weighted by atomic mass is 32.2. The Balaban J connectivity index is 1.83. The largest absolute Gasteiger partial charge is 0.490 e. The molecule has 0 spiro atoms. The van der Waals surface area contributed by atoms with E-state index in [2.05, 4.69) is 0 Å². The fourth-order valence-corrected chi connectivity index (χ4v) is 3.28. The maximum Gasteiger partial charge on any atom is 0.226 e. The molecule has 1 aromatic rings. The minimum atomic E-state index is -3.64. The van der Waals surface area contributed by atoms with Crippen LogP contribution >= 0.6 is 0 Å². The van der Waals surface area contributed by atoms with Gasteiger partial charge in [-0.25, -0.2) is 17.9 Å². The van der Waals surface area contributed by atoms with E-state index < -0.39 is 21.1 Å². The molecule has 1 aliphatic rings. The van der Waals surface area contributed by atoms with Crippen LogP contribution in [0.3, 0.4) is 0 Å². The second kappa shape index (κ2) is 7.06. The summed E-state index contributed by atoms with van der Waals surface area (Å²) in [7, 11) is -3.64. The summed E-state index contributed by atoms with van der Waals surface area (Å²) in [4.78, 5) is 13.5. The Morgan fingerprint density at radius 3 is 2.82 bits per heavy atom. The van der Waals surface area contributed by atoms with Crippen molar-refractivity contribution in [2.75, 3.05) is 19.7 Å². The van der Waals surface area contributed by atoms with Gasteiger partial charge in [0, 0.05) is 13.1 Å². The molecule has 0 aliphatic carbocycles. The highest BCUT2D eigenvalue weighted by Crippen LogP contribution is 2.17. The Kier molecular flexibility index (Phi) is 5.36. The van der Waals surface area contributed by atoms with Gasteiger partial charge in [0.2, 0.25) is 15.9 Å². The molecule has 0 radical (unpaired) electrons. The third-order valence-electron chi connectivity index (χ3n) is 3.61. The zero-order valence-corrected chi connectivity index (χ0v) is 12.9. The van der Waals surface area contributed by atoms with Crippen molar-refractivity contribution in [1.82, 2.24) is 4.90 Å². The monoisotopic (exact) mass is 330 g/mol. The summed E-state index contributed by atoms with van der Waals surface area (Å²) >= 11 is 0. The van der Waals surface area contributed by atoms with E-state index in [9.17, 15) is 17.6 Å². The molecule has 22 heavy (non-hydrogen) atoms. The highest BCUT2D eigenvalue weighted by molar-refractivity contribution is 7.89. The molecule has 1 unspecified atom stereocenters. The van der Waals surface area contributed by atoms with Crippen LogP contribution in [0.1, 0.15) is 19.3 Å². The molecular formula is C14H19FN2O4S. The highest BCUT2D eigenvalue weighted by Gasteiger charge is 2.30. The van der Waals surface area contributed by atoms with Crippen LogP contribution in [0.2, 0.25) is 0 Å². The van der Waals surface area contributed by atoms with Crippen molar-refractivity contribution in [3.8, 4) is 5.75 Å². The third kappa shape index (κ3) is 4.41. The van der Waals surface area contributed by atoms with Gasteiger partial charge in [0.25, 0.3) is 0 Å². The van der Waals surface area contributed by atoms with Gasteiger partial charge in [0.05, 0.1) is 18.3 Å². The standard InChI is InChI=1S/C14H19FN2O4S/c15-12-5-1-2-6-13(12)21-9-7-14(18)17-8-3-4-11(10-17)22(16,19)20/h1-2,5-6,11H,3-4,7-10H2,(H2,16,19,20). The van der Waals surface area contributed by atoms with E-state index in [0.29, 0.717) is 19.4 Å². The Hall–Kier alpha value is -1.67. The molecule has 1 aromatic carbocycles. The van der Waals surface area contributed by atoms with Gasteiger partial charge in [-0.15, -0.1) is 0 Å². The number of primary sulfonamides is 1. The van der Waals surface area contributed by atoms with Gasteiger partial charge in [0.1, 0.15) is 0 Å². The number of nitrogens with two attached hydrogens (primary N) is 1. The minimum Gasteiger partial charge on any atom is -0.490 e. The van der Waals surface area contributed by atoms with Crippen molar-refractivity contribution < 1.29 is 22.3 Å². The Labute approximate surface area is 129 Å². The number of ether oxygens (including phenoxy) is 1. The zero-order valence-electron chi connectivity index (χ0n) is 12.1. The number of rotatable bonds is 5. The van der Waals surface area contributed by atoms with Gasteiger partial charge in [0.15, 0.2) is 11.6 Å². The topological polar surface area (TPSA) is 89.7 Å². The number of carbonyl (C=O) groups excluding carboxylic acids is 1. The van der Waals surface area contributed by atoms with Crippen molar-refractivity contribution in [3.05, 3.63) is 30.1 Å². The van der Waals surface area contributed by atoms with E-state index in [1.807, 2.05) is 0 Å². The number of para-hydroxylation sites is 1. The number of likely N-dealkylation sites (tertiary alicyclic amines) is 1. The summed E-state index contributed by atoms with van der Waals surface area (Å²) < 4.78 is 41.3. The molecule has 1 amide bonds. The number of halogens is 1. The normalized spacial score (nSPS) is 19.0. The molecular weight excluding hydrogens is 311 g/mol. The maximum absolute atomic E-state index is 13.4. The molecule has 1 saturated heterocycles. The van der Waals surface area contributed by atoms with Crippen LogP contribution in [0.15, 0.2) is 24.3 Å². The first-order chi connectivity index (χ1) is 10.4. The molecule has 1 heterocycles. The lowest BCUT2D eigenvalue weighted by Crippen LogP contribution is -2.47. The number of sulfonamides is 1. The summed E-state index contributed by atoms with van der Waals surface area (Å²) in [6.45, 7) is 0.651. The molecule has 1 atom stereocenters. The van der Waals surface area contributed by atoms with E-state index in [0.717, 1.165) is 0 Å². The summed E-state index contributed by atoms with van der Waals surface area (Å²) in [5.41, 5.74) is 0. The second-order valence-corrected chi connectivity index (χ2v) is 7.07. The van der Waals surface area contributed by atoms with Crippen LogP contribution in [0, 0.1) is 5.82 Å². The van der Waals surface area contributed by atoms with E-state index in [1.54, 1.807) is 12.1 Å². The molecule has 1 fully saturated rings. The summed E-state index contributed by atoms with van der Waals surface area (Å²) in [5, 5.41) is 4.42. The van der Waals surface area contributed by atoms with Crippen molar-refractivity contribution in [2.45, 2.75) is 24.5 Å². The predicted octanol–water partition coefficient (Wildman–Crippen LogP) is 0.874. The first-order valence-corrected chi connectivity index (χ1v) is 8.65. The van der Waals surface area contributed by atoms with Gasteiger partial charge in [-0.2, -0.15) is 0 Å². The van der Waals surface area contributed by atoms with Crippen LogP contribution in [-0.4, -0.2) is 44.2 Å². The van der Waals surface area contributed by atoms with Gasteiger partial charge >= 0.3 is 0 Å². The van der Waals surface area contributed by atoms with Gasteiger partial charge in [-0.1, -0.05) is 12.1 Å². The van der Waals surface area contributed by atoms with E-state index >= 15 is 0 Å². The number of hydrogen-bond acceptors (Lipinski definition) is 4. The Morgan fingerprint density at radius 2 is 2.14 bits per heavy atom. The summed E-state index contributed by atoms with van der Waals surface area (Å²) in [6, 6.07) is 5.95. The van der Waals surface area contributed by atoms with Crippen molar-refractivity contribution in [2.24, 2.45) is 5.14 Å². The third-order valence-corrected chi connectivity index (χ3v) is 4.92. The lowest BCUT2D eigenvalue weighted by atomic mass is 10.1. The average Bonchev–Trinajstić information content (AvgIpc) is 2.48. The molecule has 0 bridgehead atoms. The van der Waals surface area contributed by atoms with E-state index in [-0.39, 0.29) is 31.2 Å². The van der Waals surface area contributed by atoms with Crippen molar-refractivity contribution in [1.29, 1.82) is 0 Å². The van der Waals surface area contributed by atoms with Gasteiger partial charge in [-0.3, -0.25) is 4.79 Å². The minimum absolute atomic E-state index is 0.0380. The first kappa shape index (κ1) is 16.7. The number of nitrogens with zero attached hydrogens (tertiary/aromatic N) is 1. The average molecular weight is 330 g/mol.